The van der Waals surface area contributed by atoms with Gasteiger partial charge < -0.3 is 10.5 Å². The van der Waals surface area contributed by atoms with Crippen molar-refractivity contribution in [2.75, 3.05) is 6.54 Å². The fourth-order valence-electron chi connectivity index (χ4n) is 0.317. The van der Waals surface area contributed by atoms with Gasteiger partial charge >= 0.3 is 0 Å². The summed E-state index contributed by atoms with van der Waals surface area (Å²) in [5.41, 5.74) is 5.03. The lowest BCUT2D eigenvalue weighted by Gasteiger charge is -1.97. The van der Waals surface area contributed by atoms with E-state index in [1.54, 1.807) is 0 Å². The number of ketones is 1. The summed E-state index contributed by atoms with van der Waals surface area (Å²) in [5.74, 6) is -0.752. The highest BCUT2D eigenvalue weighted by molar-refractivity contribution is 5.91. The van der Waals surface area contributed by atoms with Gasteiger partial charge in [-0.1, -0.05) is 0 Å². The van der Waals surface area contributed by atoms with E-state index in [2.05, 4.69) is 0 Å². The third-order valence-corrected chi connectivity index (χ3v) is 0.940. The van der Waals surface area contributed by atoms with Crippen molar-refractivity contribution in [3.63, 3.8) is 0 Å². The molecule has 46 valence electrons. The fraction of sp³-hybridized carbons (Fsp3) is 0.600. The first-order valence-electron chi connectivity index (χ1n) is 2.38. The van der Waals surface area contributed by atoms with Gasteiger partial charge in [0, 0.05) is 6.54 Å². The first-order valence-corrected chi connectivity index (χ1v) is 2.38. The second-order valence-corrected chi connectivity index (χ2v) is 1.59. The van der Waals surface area contributed by atoms with Gasteiger partial charge in [-0.05, 0) is 6.92 Å². The van der Waals surface area contributed by atoms with Crippen LogP contribution < -0.4 is 5.73 Å². The molecule has 0 bridgehead atoms. The van der Waals surface area contributed by atoms with Crippen molar-refractivity contribution in [2.24, 2.45) is 11.7 Å². The van der Waals surface area contributed by atoms with Crippen molar-refractivity contribution < 1.29 is 9.59 Å². The maximum Gasteiger partial charge on any atom is 0.141 e. The summed E-state index contributed by atoms with van der Waals surface area (Å²) in [6.45, 7) is 1.48. The molecule has 0 radical (unpaired) electrons. The molecule has 0 aliphatic heterocycles. The number of hydrogen-bond donors (Lipinski definition) is 1. The molecule has 0 fully saturated rings. The van der Waals surface area contributed by atoms with E-state index in [0.29, 0.717) is 6.29 Å². The zero-order valence-electron chi connectivity index (χ0n) is 4.76. The molecule has 0 aromatic rings. The molecule has 1 atom stereocenters. The first kappa shape index (κ1) is 7.30. The Kier molecular flexibility index (Phi) is 3.03. The van der Waals surface area contributed by atoms with E-state index in [4.69, 9.17) is 5.73 Å². The summed E-state index contributed by atoms with van der Waals surface area (Å²) < 4.78 is 0. The summed E-state index contributed by atoms with van der Waals surface area (Å²) in [7, 11) is 0. The minimum absolute atomic E-state index is 0.124. The molecule has 0 saturated carbocycles. The van der Waals surface area contributed by atoms with Gasteiger partial charge in [-0.2, -0.15) is 0 Å². The summed E-state index contributed by atoms with van der Waals surface area (Å²) in [6.07, 6.45) is 0.572. The van der Waals surface area contributed by atoms with Crippen molar-refractivity contribution in [3.8, 4) is 0 Å². The van der Waals surface area contributed by atoms with Crippen LogP contribution in [0.5, 0.6) is 0 Å². The van der Waals surface area contributed by atoms with E-state index in [-0.39, 0.29) is 12.3 Å². The molecule has 8 heavy (non-hydrogen) atoms. The molecule has 0 aromatic heterocycles. The van der Waals surface area contributed by atoms with Crippen molar-refractivity contribution in [2.45, 2.75) is 6.92 Å². The average Bonchev–Trinajstić information content (AvgIpc) is 1.69. The molecule has 0 amide bonds. The lowest BCUT2D eigenvalue weighted by molar-refractivity contribution is -0.125. The minimum Gasteiger partial charge on any atom is -0.329 e. The van der Waals surface area contributed by atoms with Crippen LogP contribution in [0.15, 0.2) is 0 Å². The quantitative estimate of drug-likeness (QED) is 0.392. The molecule has 0 aromatic carbocycles. The predicted molar refractivity (Wildman–Crippen MR) is 29.3 cm³/mol. The highest BCUT2D eigenvalue weighted by Crippen LogP contribution is 1.87. The Morgan fingerprint density at radius 2 is 2.38 bits per heavy atom. The van der Waals surface area contributed by atoms with E-state index < -0.39 is 5.92 Å². The van der Waals surface area contributed by atoms with Crippen LogP contribution in [0.4, 0.5) is 0 Å². The Morgan fingerprint density at radius 3 is 2.38 bits per heavy atom. The van der Waals surface area contributed by atoms with Gasteiger partial charge in [0.05, 0.1) is 5.92 Å². The Labute approximate surface area is 47.9 Å². The normalized spacial score (nSPS) is 12.8. The predicted octanol–water partition coefficient (Wildman–Crippen LogP) is -0.651. The lowest BCUT2D eigenvalue weighted by Crippen LogP contribution is -2.22. The van der Waals surface area contributed by atoms with E-state index >= 15 is 0 Å². The summed E-state index contributed by atoms with van der Waals surface area (Å²) in [6, 6.07) is 0. The van der Waals surface area contributed by atoms with E-state index in [1.165, 1.54) is 6.92 Å². The zero-order chi connectivity index (χ0) is 6.57. The molecule has 0 spiro atoms. The van der Waals surface area contributed by atoms with Crippen LogP contribution in [0, 0.1) is 5.92 Å². The van der Waals surface area contributed by atoms with Crippen molar-refractivity contribution in [3.05, 3.63) is 0 Å². The number of nitrogens with two attached hydrogens (primary N) is 1. The Hall–Kier alpha value is -0.700. The van der Waals surface area contributed by atoms with E-state index in [9.17, 15) is 9.59 Å². The van der Waals surface area contributed by atoms with Crippen molar-refractivity contribution in [1.82, 2.24) is 0 Å². The molecule has 0 heterocycles. The number of aldehydes is 1. The monoisotopic (exact) mass is 115 g/mol. The van der Waals surface area contributed by atoms with Gasteiger partial charge in [0.15, 0.2) is 0 Å². The van der Waals surface area contributed by atoms with E-state index in [1.807, 2.05) is 0 Å². The smallest absolute Gasteiger partial charge is 0.141 e. The van der Waals surface area contributed by atoms with Gasteiger partial charge in [-0.25, -0.2) is 0 Å². The summed E-state index contributed by atoms with van der Waals surface area (Å²) in [5, 5.41) is 0. The van der Waals surface area contributed by atoms with Crippen LogP contribution in [0.25, 0.3) is 0 Å². The number of hydrogen-bond acceptors (Lipinski definition) is 3. The van der Waals surface area contributed by atoms with Crippen molar-refractivity contribution in [1.29, 1.82) is 0 Å². The molecule has 0 aliphatic rings. The highest BCUT2D eigenvalue weighted by atomic mass is 16.1. The Morgan fingerprint density at radius 1 is 1.88 bits per heavy atom. The molecular formula is C5H9NO2. The number of carbonyl (C=O) groups is 2. The molecule has 1 unspecified atom stereocenters. The average molecular weight is 115 g/mol. The maximum atomic E-state index is 10.3. The van der Waals surface area contributed by atoms with Gasteiger partial charge in [-0.3, -0.25) is 4.79 Å². The standard InChI is InChI=1S/C5H9NO2/c1-4(8)5(2-6)3-7/h3,5H,2,6H2,1H3. The second kappa shape index (κ2) is 3.32. The number of Topliss-reactive ketones (excluding diaryl/α,β-unsaturated/α-hetero) is 1. The SMILES string of the molecule is CC(=O)C(C=O)CN. The number of carbonyl (C=O) groups excluding carboxylic acids is 2. The number of rotatable bonds is 3. The Bertz CT molecular complexity index is 101. The van der Waals surface area contributed by atoms with Crippen molar-refractivity contribution >= 4 is 12.1 Å². The molecule has 3 nitrogen and oxygen atoms in total. The van der Waals surface area contributed by atoms with E-state index in [0.717, 1.165) is 0 Å². The maximum absolute atomic E-state index is 10.3. The minimum atomic E-state index is -0.588. The lowest BCUT2D eigenvalue weighted by atomic mass is 10.1. The molecule has 3 heteroatoms. The van der Waals surface area contributed by atoms with Crippen LogP contribution in [0.3, 0.4) is 0 Å². The third-order valence-electron chi connectivity index (χ3n) is 0.940. The van der Waals surface area contributed by atoms with Gasteiger partial charge in [0.2, 0.25) is 0 Å². The fourth-order valence-corrected chi connectivity index (χ4v) is 0.317. The molecule has 0 saturated heterocycles. The van der Waals surface area contributed by atoms with Crippen LogP contribution in [0.1, 0.15) is 6.92 Å². The van der Waals surface area contributed by atoms with Gasteiger partial charge in [0.25, 0.3) is 0 Å². The molecular weight excluding hydrogens is 106 g/mol. The zero-order valence-corrected chi connectivity index (χ0v) is 4.76. The second-order valence-electron chi connectivity index (χ2n) is 1.59. The Balaban J connectivity index is 3.69. The topological polar surface area (TPSA) is 60.2 Å². The molecule has 2 N–H and O–H groups in total. The molecule has 0 rings (SSSR count). The van der Waals surface area contributed by atoms with Crippen LogP contribution in [-0.2, 0) is 9.59 Å². The third kappa shape index (κ3) is 1.84. The van der Waals surface area contributed by atoms with Gasteiger partial charge in [0.1, 0.15) is 12.1 Å². The van der Waals surface area contributed by atoms with Crippen LogP contribution in [-0.4, -0.2) is 18.6 Å². The summed E-state index contributed by atoms with van der Waals surface area (Å²) >= 11 is 0. The van der Waals surface area contributed by atoms with Crippen LogP contribution in [0.2, 0.25) is 0 Å². The molecule has 0 aliphatic carbocycles. The largest absolute Gasteiger partial charge is 0.329 e. The highest BCUT2D eigenvalue weighted by Gasteiger charge is 2.08. The first-order chi connectivity index (χ1) is 3.72. The summed E-state index contributed by atoms with van der Waals surface area (Å²) in [4.78, 5) is 20.2. The van der Waals surface area contributed by atoms with Crippen LogP contribution >= 0.6 is 0 Å². The van der Waals surface area contributed by atoms with Gasteiger partial charge in [-0.15, -0.1) is 0 Å².